The van der Waals surface area contributed by atoms with Gasteiger partial charge in [-0.2, -0.15) is 0 Å². The van der Waals surface area contributed by atoms with E-state index in [0.29, 0.717) is 12.1 Å². The quantitative estimate of drug-likeness (QED) is 0.744. The molecule has 1 rings (SSSR count). The van der Waals surface area contributed by atoms with Crippen molar-refractivity contribution in [2.24, 2.45) is 0 Å². The second-order valence-electron chi connectivity index (χ2n) is 4.70. The maximum Gasteiger partial charge on any atom is 0.305 e. The average molecular weight is 310 g/mol. The summed E-state index contributed by atoms with van der Waals surface area (Å²) in [6, 6.07) is 5.67. The molecule has 6 nitrogen and oxygen atoms in total. The van der Waals surface area contributed by atoms with E-state index < -0.39 is 17.7 Å². The molecule has 0 fully saturated rings. The maximum absolute atomic E-state index is 13.0. The van der Waals surface area contributed by atoms with Crippen LogP contribution in [0.2, 0.25) is 0 Å². The smallest absolute Gasteiger partial charge is 0.305 e. The van der Waals surface area contributed by atoms with Crippen molar-refractivity contribution in [3.63, 3.8) is 0 Å². The summed E-state index contributed by atoms with van der Waals surface area (Å²) < 4.78 is 13.0. The molecule has 0 saturated carbocycles. The van der Waals surface area contributed by atoms with Gasteiger partial charge in [0.15, 0.2) is 0 Å². The lowest BCUT2D eigenvalue weighted by Gasteiger charge is -2.20. The van der Waals surface area contributed by atoms with Crippen LogP contribution in [0.5, 0.6) is 0 Å². The molecule has 0 aliphatic rings. The third-order valence-corrected chi connectivity index (χ3v) is 3.02. The summed E-state index contributed by atoms with van der Waals surface area (Å²) >= 11 is 0. The van der Waals surface area contributed by atoms with Gasteiger partial charge in [-0.05, 0) is 24.6 Å². The third-order valence-electron chi connectivity index (χ3n) is 3.02. The molecule has 22 heavy (non-hydrogen) atoms. The van der Waals surface area contributed by atoms with Gasteiger partial charge in [-0.25, -0.2) is 4.39 Å². The Balaban J connectivity index is 2.41. The summed E-state index contributed by atoms with van der Waals surface area (Å²) in [4.78, 5) is 35.4. The van der Waals surface area contributed by atoms with Gasteiger partial charge in [0.05, 0.1) is 19.4 Å². The fraction of sp³-hybridized carbons (Fsp3) is 0.400. The molecule has 0 spiro atoms. The highest BCUT2D eigenvalue weighted by atomic mass is 19.1. The summed E-state index contributed by atoms with van der Waals surface area (Å²) in [6.45, 7) is 1.99. The second kappa shape index (κ2) is 8.76. The van der Waals surface area contributed by atoms with Crippen LogP contribution in [0, 0.1) is 5.82 Å². The number of hydrogen-bond acceptors (Lipinski definition) is 3. The van der Waals surface area contributed by atoms with E-state index in [2.05, 4.69) is 5.32 Å². The SMILES string of the molecule is CCN(CCC(=O)O)C(=O)CNC(=O)Cc1cccc(F)c1. The maximum atomic E-state index is 13.0. The first kappa shape index (κ1) is 17.6. The Morgan fingerprint density at radius 1 is 1.32 bits per heavy atom. The minimum absolute atomic E-state index is 0.0215. The third kappa shape index (κ3) is 6.34. The minimum atomic E-state index is -0.985. The van der Waals surface area contributed by atoms with Crippen LogP contribution >= 0.6 is 0 Å². The normalized spacial score (nSPS) is 10.1. The van der Waals surface area contributed by atoms with Crippen molar-refractivity contribution in [1.29, 1.82) is 0 Å². The second-order valence-corrected chi connectivity index (χ2v) is 4.70. The van der Waals surface area contributed by atoms with Gasteiger partial charge in [-0.3, -0.25) is 14.4 Å². The Bertz CT molecular complexity index is 548. The molecule has 2 N–H and O–H groups in total. The number of aliphatic carboxylic acids is 1. The largest absolute Gasteiger partial charge is 0.481 e. The highest BCUT2D eigenvalue weighted by Gasteiger charge is 2.14. The molecule has 0 radical (unpaired) electrons. The Labute approximate surface area is 127 Å². The molecular weight excluding hydrogens is 291 g/mol. The van der Waals surface area contributed by atoms with Gasteiger partial charge < -0.3 is 15.3 Å². The predicted octanol–water partition coefficient (Wildman–Crippen LogP) is 0.808. The number of rotatable bonds is 8. The summed E-state index contributed by atoms with van der Waals surface area (Å²) in [5, 5.41) is 11.1. The number of nitrogens with one attached hydrogen (secondary N) is 1. The van der Waals surface area contributed by atoms with Crippen molar-refractivity contribution in [2.45, 2.75) is 19.8 Å². The van der Waals surface area contributed by atoms with Crippen LogP contribution in [-0.2, 0) is 20.8 Å². The average Bonchev–Trinajstić information content (AvgIpc) is 2.45. The molecular formula is C15H19FN2O4. The van der Waals surface area contributed by atoms with E-state index in [0.717, 1.165) is 0 Å². The molecule has 0 heterocycles. The number of carbonyl (C=O) groups is 3. The fourth-order valence-electron chi connectivity index (χ4n) is 1.87. The Morgan fingerprint density at radius 3 is 2.64 bits per heavy atom. The van der Waals surface area contributed by atoms with E-state index in [4.69, 9.17) is 5.11 Å². The summed E-state index contributed by atoms with van der Waals surface area (Å²) in [5.41, 5.74) is 0.517. The molecule has 0 unspecified atom stereocenters. The molecule has 120 valence electrons. The van der Waals surface area contributed by atoms with Crippen molar-refractivity contribution in [3.05, 3.63) is 35.6 Å². The first-order chi connectivity index (χ1) is 10.4. The van der Waals surface area contributed by atoms with E-state index in [1.54, 1.807) is 13.0 Å². The molecule has 7 heteroatoms. The van der Waals surface area contributed by atoms with Crippen molar-refractivity contribution < 1.29 is 23.9 Å². The van der Waals surface area contributed by atoms with Gasteiger partial charge >= 0.3 is 5.97 Å². The number of carboxylic acids is 1. The molecule has 0 saturated heterocycles. The number of likely N-dealkylation sites (N-methyl/N-ethyl adjacent to an activating group) is 1. The molecule has 1 aromatic carbocycles. The lowest BCUT2D eigenvalue weighted by Crippen LogP contribution is -2.41. The number of carboxylic acid groups (broad SMARTS) is 1. The molecule has 0 bridgehead atoms. The van der Waals surface area contributed by atoms with Crippen molar-refractivity contribution in [1.82, 2.24) is 10.2 Å². The Kier molecular flexibility index (Phi) is 7.01. The van der Waals surface area contributed by atoms with Crippen LogP contribution in [0.1, 0.15) is 18.9 Å². The lowest BCUT2D eigenvalue weighted by atomic mass is 10.1. The zero-order valence-electron chi connectivity index (χ0n) is 12.3. The number of amides is 2. The van der Waals surface area contributed by atoms with Crippen molar-refractivity contribution in [3.8, 4) is 0 Å². The molecule has 1 aromatic rings. The van der Waals surface area contributed by atoms with Gasteiger partial charge in [0, 0.05) is 13.1 Å². The van der Waals surface area contributed by atoms with Gasteiger partial charge in [-0.1, -0.05) is 12.1 Å². The lowest BCUT2D eigenvalue weighted by molar-refractivity contribution is -0.138. The van der Waals surface area contributed by atoms with Crippen molar-refractivity contribution >= 4 is 17.8 Å². The minimum Gasteiger partial charge on any atom is -0.481 e. The van der Waals surface area contributed by atoms with Crippen LogP contribution in [0.4, 0.5) is 4.39 Å². The zero-order chi connectivity index (χ0) is 16.5. The standard InChI is InChI=1S/C15H19FN2O4/c1-2-18(7-6-15(21)22)14(20)10-17-13(19)9-11-4-3-5-12(16)8-11/h3-5,8H,2,6-7,9-10H2,1H3,(H,17,19)(H,21,22). The first-order valence-electron chi connectivity index (χ1n) is 6.93. The molecule has 0 aliphatic heterocycles. The molecule has 0 aromatic heterocycles. The van der Waals surface area contributed by atoms with Crippen LogP contribution in [0.25, 0.3) is 0 Å². The molecule has 0 atom stereocenters. The number of carbonyl (C=O) groups excluding carboxylic acids is 2. The number of hydrogen-bond donors (Lipinski definition) is 2. The fourth-order valence-corrected chi connectivity index (χ4v) is 1.87. The van der Waals surface area contributed by atoms with E-state index in [1.807, 2.05) is 0 Å². The zero-order valence-corrected chi connectivity index (χ0v) is 12.3. The van der Waals surface area contributed by atoms with E-state index in [1.165, 1.54) is 23.1 Å². The molecule has 0 aliphatic carbocycles. The number of benzene rings is 1. The van der Waals surface area contributed by atoms with Gasteiger partial charge in [0.1, 0.15) is 5.82 Å². The Hall–Kier alpha value is -2.44. The van der Waals surface area contributed by atoms with Crippen LogP contribution in [0.15, 0.2) is 24.3 Å². The number of nitrogens with zero attached hydrogens (tertiary/aromatic N) is 1. The number of halogens is 1. The Morgan fingerprint density at radius 2 is 2.05 bits per heavy atom. The summed E-state index contributed by atoms with van der Waals surface area (Å²) in [5.74, 6) is -2.15. The van der Waals surface area contributed by atoms with Crippen LogP contribution < -0.4 is 5.32 Å². The van der Waals surface area contributed by atoms with Gasteiger partial charge in [0.2, 0.25) is 11.8 Å². The topological polar surface area (TPSA) is 86.7 Å². The highest BCUT2D eigenvalue weighted by molar-refractivity contribution is 5.85. The van der Waals surface area contributed by atoms with Crippen LogP contribution in [-0.4, -0.2) is 47.4 Å². The van der Waals surface area contributed by atoms with E-state index in [9.17, 15) is 18.8 Å². The van der Waals surface area contributed by atoms with Crippen molar-refractivity contribution in [2.75, 3.05) is 19.6 Å². The summed E-state index contributed by atoms with van der Waals surface area (Å²) in [7, 11) is 0. The van der Waals surface area contributed by atoms with E-state index in [-0.39, 0.29) is 31.8 Å². The van der Waals surface area contributed by atoms with Gasteiger partial charge in [0.25, 0.3) is 0 Å². The van der Waals surface area contributed by atoms with E-state index >= 15 is 0 Å². The van der Waals surface area contributed by atoms with Crippen LogP contribution in [0.3, 0.4) is 0 Å². The first-order valence-corrected chi connectivity index (χ1v) is 6.93. The molecule has 2 amide bonds. The van der Waals surface area contributed by atoms with Gasteiger partial charge in [-0.15, -0.1) is 0 Å². The summed E-state index contributed by atoms with van der Waals surface area (Å²) in [6.07, 6.45) is -0.164. The highest BCUT2D eigenvalue weighted by Crippen LogP contribution is 2.04. The monoisotopic (exact) mass is 310 g/mol. The predicted molar refractivity (Wildman–Crippen MR) is 77.6 cm³/mol.